The van der Waals surface area contributed by atoms with Gasteiger partial charge in [0, 0.05) is 43.2 Å². The predicted octanol–water partition coefficient (Wildman–Crippen LogP) is 3.70. The van der Waals surface area contributed by atoms with Gasteiger partial charge in [0.25, 0.3) is 11.8 Å². The number of carbonyl (C=O) groups is 2. The Morgan fingerprint density at radius 3 is 2.73 bits per heavy atom. The van der Waals surface area contributed by atoms with Gasteiger partial charge in [0.1, 0.15) is 6.10 Å². The lowest BCUT2D eigenvalue weighted by Gasteiger charge is -2.33. The highest BCUT2D eigenvalue weighted by molar-refractivity contribution is 6.06. The van der Waals surface area contributed by atoms with E-state index in [0.717, 1.165) is 21.8 Å². The summed E-state index contributed by atoms with van der Waals surface area (Å²) in [5.41, 5.74) is 3.43. The fraction of sp³-hybridized carbons (Fsp3) is 0.231. The number of carbonyl (C=O) groups excluding carboxylic acids is 2. The molecule has 1 aliphatic rings. The molecule has 2 aromatic carbocycles. The molecule has 0 N–H and O–H groups in total. The van der Waals surface area contributed by atoms with E-state index in [1.54, 1.807) is 36.2 Å². The summed E-state index contributed by atoms with van der Waals surface area (Å²) in [7, 11) is 3.46. The molecule has 33 heavy (non-hydrogen) atoms. The van der Waals surface area contributed by atoms with Crippen molar-refractivity contribution in [1.29, 1.82) is 0 Å². The molecule has 4 aromatic rings. The van der Waals surface area contributed by atoms with Crippen LogP contribution in [-0.2, 0) is 4.74 Å². The molecule has 1 atom stereocenters. The molecule has 5 rings (SSSR count). The second kappa shape index (κ2) is 8.60. The zero-order chi connectivity index (χ0) is 22.9. The third kappa shape index (κ3) is 4.03. The van der Waals surface area contributed by atoms with Gasteiger partial charge in [0.2, 0.25) is 0 Å². The lowest BCUT2D eigenvalue weighted by Crippen LogP contribution is -2.42. The molecule has 0 spiro atoms. The lowest BCUT2D eigenvalue weighted by molar-refractivity contribution is -0.0246. The van der Waals surface area contributed by atoms with Gasteiger partial charge >= 0.3 is 0 Å². The molecule has 2 aromatic heterocycles. The highest BCUT2D eigenvalue weighted by Gasteiger charge is 2.28. The number of para-hydroxylation sites is 1. The first-order valence-corrected chi connectivity index (χ1v) is 10.9. The summed E-state index contributed by atoms with van der Waals surface area (Å²) >= 11 is 0. The van der Waals surface area contributed by atoms with Crippen molar-refractivity contribution >= 4 is 33.6 Å². The normalized spacial score (nSPS) is 16.2. The first kappa shape index (κ1) is 21.0. The van der Waals surface area contributed by atoms with Crippen LogP contribution < -0.4 is 0 Å². The molecule has 7 heteroatoms. The maximum atomic E-state index is 13.3. The Morgan fingerprint density at radius 1 is 1.03 bits per heavy atom. The Bertz CT molecular complexity index is 1370. The smallest absolute Gasteiger partial charge is 0.254 e. The number of hydrogen-bond acceptors (Lipinski definition) is 5. The van der Waals surface area contributed by atoms with Crippen molar-refractivity contribution in [3.8, 4) is 0 Å². The van der Waals surface area contributed by atoms with E-state index in [-0.39, 0.29) is 11.8 Å². The van der Waals surface area contributed by atoms with E-state index in [4.69, 9.17) is 9.72 Å². The summed E-state index contributed by atoms with van der Waals surface area (Å²) in [5, 5.41) is 1.73. The Kier molecular flexibility index (Phi) is 5.48. The molecular weight excluding hydrogens is 416 g/mol. The van der Waals surface area contributed by atoms with Gasteiger partial charge in [-0.05, 0) is 36.4 Å². The predicted molar refractivity (Wildman–Crippen MR) is 126 cm³/mol. The van der Waals surface area contributed by atoms with Crippen LogP contribution in [0, 0.1) is 0 Å². The quantitative estimate of drug-likeness (QED) is 0.486. The van der Waals surface area contributed by atoms with Crippen LogP contribution in [0.3, 0.4) is 0 Å². The van der Waals surface area contributed by atoms with Crippen LogP contribution in [0.5, 0.6) is 0 Å². The van der Waals surface area contributed by atoms with Gasteiger partial charge < -0.3 is 14.5 Å². The van der Waals surface area contributed by atoms with E-state index >= 15 is 0 Å². The Labute approximate surface area is 191 Å². The number of rotatable bonds is 3. The molecule has 3 heterocycles. The minimum Gasteiger partial charge on any atom is -0.368 e. The fourth-order valence-electron chi connectivity index (χ4n) is 4.18. The lowest BCUT2D eigenvalue weighted by atomic mass is 10.0. The third-order valence-corrected chi connectivity index (χ3v) is 5.91. The molecular formula is C26H24N4O3. The number of benzene rings is 2. The van der Waals surface area contributed by atoms with Crippen LogP contribution in [0.25, 0.3) is 21.8 Å². The average Bonchev–Trinajstić information content (AvgIpc) is 2.86. The van der Waals surface area contributed by atoms with E-state index in [1.807, 2.05) is 54.6 Å². The van der Waals surface area contributed by atoms with E-state index in [9.17, 15) is 9.59 Å². The number of pyridine rings is 2. The van der Waals surface area contributed by atoms with Crippen molar-refractivity contribution < 1.29 is 14.3 Å². The average molecular weight is 441 g/mol. The minimum atomic E-state index is -0.414. The highest BCUT2D eigenvalue weighted by atomic mass is 16.5. The second-order valence-electron chi connectivity index (χ2n) is 8.33. The summed E-state index contributed by atoms with van der Waals surface area (Å²) in [6.45, 7) is 1.26. The number of aromatic nitrogens is 2. The van der Waals surface area contributed by atoms with Crippen LogP contribution in [0.1, 0.15) is 32.5 Å². The van der Waals surface area contributed by atoms with Crippen molar-refractivity contribution in [3.63, 3.8) is 0 Å². The highest BCUT2D eigenvalue weighted by Crippen LogP contribution is 2.27. The molecule has 0 saturated carbocycles. The number of nitrogens with zero attached hydrogens (tertiary/aromatic N) is 4. The van der Waals surface area contributed by atoms with Crippen LogP contribution in [-0.4, -0.2) is 65.4 Å². The van der Waals surface area contributed by atoms with Crippen molar-refractivity contribution in [3.05, 3.63) is 83.7 Å². The van der Waals surface area contributed by atoms with Gasteiger partial charge in [-0.25, -0.2) is 4.98 Å². The summed E-state index contributed by atoms with van der Waals surface area (Å²) in [6, 6.07) is 18.7. The van der Waals surface area contributed by atoms with Gasteiger partial charge in [-0.2, -0.15) is 0 Å². The molecule has 2 amide bonds. The number of fused-ring (bicyclic) bond motifs is 2. The van der Waals surface area contributed by atoms with Crippen molar-refractivity contribution in [2.24, 2.45) is 0 Å². The minimum absolute atomic E-state index is 0.0561. The van der Waals surface area contributed by atoms with Crippen LogP contribution in [0.2, 0.25) is 0 Å². The van der Waals surface area contributed by atoms with Crippen LogP contribution in [0.15, 0.2) is 66.9 Å². The monoisotopic (exact) mass is 440 g/mol. The summed E-state index contributed by atoms with van der Waals surface area (Å²) in [6.07, 6.45) is 1.32. The summed E-state index contributed by atoms with van der Waals surface area (Å²) < 4.78 is 6.00. The first-order chi connectivity index (χ1) is 16.0. The van der Waals surface area contributed by atoms with Crippen LogP contribution >= 0.6 is 0 Å². The molecule has 0 bridgehead atoms. The second-order valence-corrected chi connectivity index (χ2v) is 8.33. The van der Waals surface area contributed by atoms with E-state index in [2.05, 4.69) is 4.98 Å². The van der Waals surface area contributed by atoms with Gasteiger partial charge in [-0.15, -0.1) is 0 Å². The molecule has 0 unspecified atom stereocenters. The molecule has 0 aliphatic carbocycles. The Morgan fingerprint density at radius 2 is 1.88 bits per heavy atom. The first-order valence-electron chi connectivity index (χ1n) is 10.9. The number of morpholine rings is 1. The van der Waals surface area contributed by atoms with Crippen molar-refractivity contribution in [2.75, 3.05) is 33.8 Å². The summed E-state index contributed by atoms with van der Waals surface area (Å²) in [5.74, 6) is -0.150. The molecule has 1 fully saturated rings. The van der Waals surface area contributed by atoms with E-state index in [0.29, 0.717) is 36.5 Å². The number of amides is 2. The molecule has 7 nitrogen and oxygen atoms in total. The standard InChI is InChI=1S/C26H24N4O3/c1-29(2)26(32)20-15-23(28-22-8-4-3-7-19(20)22)24-16-30(12-13-33-24)25(31)18-9-10-21-17(14-18)6-5-11-27-21/h3-11,14-15,24H,12-13,16H2,1-2H3/t24-/m0/s1. The maximum Gasteiger partial charge on any atom is 0.254 e. The molecule has 0 radical (unpaired) electrons. The Balaban J connectivity index is 1.45. The van der Waals surface area contributed by atoms with Crippen LogP contribution in [0.4, 0.5) is 0 Å². The van der Waals surface area contributed by atoms with Crippen molar-refractivity contribution in [1.82, 2.24) is 19.8 Å². The molecule has 166 valence electrons. The van der Waals surface area contributed by atoms with Crippen molar-refractivity contribution in [2.45, 2.75) is 6.10 Å². The van der Waals surface area contributed by atoms with Gasteiger partial charge in [0.15, 0.2) is 0 Å². The molecule has 1 saturated heterocycles. The fourth-order valence-corrected chi connectivity index (χ4v) is 4.18. The zero-order valence-corrected chi connectivity index (χ0v) is 18.6. The maximum absolute atomic E-state index is 13.3. The zero-order valence-electron chi connectivity index (χ0n) is 18.6. The van der Waals surface area contributed by atoms with Gasteiger partial charge in [-0.3, -0.25) is 14.6 Å². The number of ether oxygens (including phenoxy) is 1. The summed E-state index contributed by atoms with van der Waals surface area (Å²) in [4.78, 5) is 38.5. The van der Waals surface area contributed by atoms with E-state index in [1.165, 1.54) is 0 Å². The number of hydrogen-bond donors (Lipinski definition) is 0. The topological polar surface area (TPSA) is 75.6 Å². The van der Waals surface area contributed by atoms with E-state index < -0.39 is 6.10 Å². The third-order valence-electron chi connectivity index (χ3n) is 5.91. The SMILES string of the molecule is CN(C)C(=O)c1cc([C@@H]2CN(C(=O)c3ccc4ncccc4c3)CCO2)nc2ccccc12. The van der Waals surface area contributed by atoms with Gasteiger partial charge in [0.05, 0.1) is 35.4 Å². The largest absolute Gasteiger partial charge is 0.368 e. The molecule has 1 aliphatic heterocycles. The van der Waals surface area contributed by atoms with Gasteiger partial charge in [-0.1, -0.05) is 24.3 Å². The Hall–Kier alpha value is -3.84.